The van der Waals surface area contributed by atoms with E-state index in [1.54, 1.807) is 0 Å². The summed E-state index contributed by atoms with van der Waals surface area (Å²) in [5.74, 6) is 0. The molecule has 2 nitrogen and oxygen atoms in total. The Labute approximate surface area is 111 Å². The predicted octanol–water partition coefficient (Wildman–Crippen LogP) is -1.68. The van der Waals surface area contributed by atoms with Crippen LogP contribution in [0.4, 0.5) is 12.9 Å². The van der Waals surface area contributed by atoms with E-state index < -0.39 is 19.1 Å². The molecular weight excluding hydrogens is 199 g/mol. The molecular formula is C5H7BF3KO2. The van der Waals surface area contributed by atoms with Gasteiger partial charge in [-0.05, 0) is 12.8 Å². The standard InChI is InChI=1S/C5H7BF3O2.K/c7-6(8,9)5(11)3-1-2-4-10;/h4H,1-3H2;/q-1;+1. The van der Waals surface area contributed by atoms with Crippen LogP contribution in [-0.2, 0) is 9.59 Å². The maximum atomic E-state index is 11.5. The summed E-state index contributed by atoms with van der Waals surface area (Å²) >= 11 is 0. The molecule has 0 aliphatic heterocycles. The fourth-order valence-electron chi connectivity index (χ4n) is 0.523. The number of rotatable bonds is 5. The third-order valence-electron chi connectivity index (χ3n) is 1.11. The third kappa shape index (κ3) is 7.48. The van der Waals surface area contributed by atoms with Crippen molar-refractivity contribution < 1.29 is 73.9 Å². The first-order valence-electron chi connectivity index (χ1n) is 3.14. The average Bonchev–Trinajstić information content (AvgIpc) is 1.86. The van der Waals surface area contributed by atoms with Crippen LogP contribution >= 0.6 is 0 Å². The van der Waals surface area contributed by atoms with Gasteiger partial charge in [0.1, 0.15) is 6.29 Å². The van der Waals surface area contributed by atoms with Gasteiger partial charge >= 0.3 is 58.4 Å². The topological polar surface area (TPSA) is 34.1 Å². The number of carbonyl (C=O) groups excluding carboxylic acids is 2. The van der Waals surface area contributed by atoms with Crippen molar-refractivity contribution in [2.24, 2.45) is 0 Å². The Hall–Kier alpha value is 0.831. The van der Waals surface area contributed by atoms with Gasteiger partial charge in [0.05, 0.1) is 5.68 Å². The van der Waals surface area contributed by atoms with Crippen LogP contribution in [-0.4, -0.2) is 18.9 Å². The molecule has 0 bridgehead atoms. The fraction of sp³-hybridized carbons (Fsp3) is 0.600. The second-order valence-electron chi connectivity index (χ2n) is 2.10. The summed E-state index contributed by atoms with van der Waals surface area (Å²) in [6, 6.07) is 0. The molecule has 7 heteroatoms. The molecule has 0 aliphatic rings. The van der Waals surface area contributed by atoms with Crippen LogP contribution in [0.3, 0.4) is 0 Å². The van der Waals surface area contributed by atoms with E-state index in [0.29, 0.717) is 6.29 Å². The van der Waals surface area contributed by atoms with Gasteiger partial charge in [0, 0.05) is 6.42 Å². The van der Waals surface area contributed by atoms with Crippen molar-refractivity contribution in [2.75, 3.05) is 0 Å². The molecule has 0 aliphatic carbocycles. The molecule has 0 saturated carbocycles. The molecule has 0 N–H and O–H groups in total. The smallest absolute Gasteiger partial charge is 0.443 e. The van der Waals surface area contributed by atoms with Crippen molar-refractivity contribution >= 4 is 18.9 Å². The van der Waals surface area contributed by atoms with Crippen LogP contribution in [0.25, 0.3) is 0 Å². The molecule has 0 aromatic carbocycles. The number of unbranched alkanes of at least 4 members (excludes halogenated alkanes) is 1. The molecule has 0 saturated heterocycles. The zero-order valence-electron chi connectivity index (χ0n) is 6.73. The van der Waals surface area contributed by atoms with Crippen LogP contribution in [0, 0.1) is 0 Å². The van der Waals surface area contributed by atoms with Gasteiger partial charge in [-0.15, -0.1) is 0 Å². The minimum atomic E-state index is -5.34. The van der Waals surface area contributed by atoms with E-state index >= 15 is 0 Å². The second kappa shape index (κ2) is 7.26. The Morgan fingerprint density at radius 2 is 1.83 bits per heavy atom. The number of hydrogen-bond donors (Lipinski definition) is 0. The maximum absolute atomic E-state index is 11.5. The molecule has 0 amide bonds. The van der Waals surface area contributed by atoms with E-state index in [4.69, 9.17) is 0 Å². The molecule has 0 fully saturated rings. The zero-order chi connectivity index (χ0) is 8.91. The molecule has 0 spiro atoms. The molecule has 0 heterocycles. The Kier molecular flexibility index (Phi) is 9.26. The van der Waals surface area contributed by atoms with Crippen LogP contribution in [0.5, 0.6) is 0 Å². The van der Waals surface area contributed by atoms with Crippen LogP contribution in [0.15, 0.2) is 0 Å². The van der Waals surface area contributed by atoms with Gasteiger partial charge in [-0.2, -0.15) is 0 Å². The monoisotopic (exact) mass is 206 g/mol. The molecule has 0 rings (SSSR count). The van der Waals surface area contributed by atoms with Gasteiger partial charge in [0.25, 0.3) is 0 Å². The normalized spacial score (nSPS) is 10.2. The average molecular weight is 206 g/mol. The number of carbonyl (C=O) groups is 2. The summed E-state index contributed by atoms with van der Waals surface area (Å²) in [7, 11) is 0. The summed E-state index contributed by atoms with van der Waals surface area (Å²) < 4.78 is 34.5. The van der Waals surface area contributed by atoms with Crippen molar-refractivity contribution in [2.45, 2.75) is 19.3 Å². The first-order valence-corrected chi connectivity index (χ1v) is 3.14. The van der Waals surface area contributed by atoms with Crippen molar-refractivity contribution in [3.8, 4) is 0 Å². The number of hydrogen-bond acceptors (Lipinski definition) is 2. The maximum Gasteiger partial charge on any atom is 1.00 e. The van der Waals surface area contributed by atoms with Crippen molar-refractivity contribution in [1.82, 2.24) is 0 Å². The Balaban J connectivity index is 0. The SMILES string of the molecule is O=CCCCC(=O)[B-](F)(F)F.[K+]. The summed E-state index contributed by atoms with van der Waals surface area (Å²) in [5, 5.41) is 0. The predicted molar refractivity (Wildman–Crippen MR) is 34.0 cm³/mol. The third-order valence-corrected chi connectivity index (χ3v) is 1.11. The zero-order valence-corrected chi connectivity index (χ0v) is 9.85. The van der Waals surface area contributed by atoms with E-state index in [1.807, 2.05) is 0 Å². The fourth-order valence-corrected chi connectivity index (χ4v) is 0.523. The molecule has 0 aromatic rings. The number of aldehydes is 1. The molecule has 0 unspecified atom stereocenters. The summed E-state index contributed by atoms with van der Waals surface area (Å²) in [6.07, 6.45) is -0.0691. The van der Waals surface area contributed by atoms with Gasteiger partial charge in [-0.1, -0.05) is 0 Å². The van der Waals surface area contributed by atoms with Crippen molar-refractivity contribution in [3.05, 3.63) is 0 Å². The van der Waals surface area contributed by atoms with Crippen molar-refractivity contribution in [3.63, 3.8) is 0 Å². The summed E-state index contributed by atoms with van der Waals surface area (Å²) in [6.45, 7) is -5.34. The molecule has 0 radical (unpaired) electrons. The van der Waals surface area contributed by atoms with Gasteiger partial charge < -0.3 is 22.5 Å². The van der Waals surface area contributed by atoms with Crippen LogP contribution in [0.2, 0.25) is 0 Å². The van der Waals surface area contributed by atoms with Crippen LogP contribution < -0.4 is 51.4 Å². The second-order valence-corrected chi connectivity index (χ2v) is 2.10. The van der Waals surface area contributed by atoms with E-state index in [-0.39, 0.29) is 64.2 Å². The summed E-state index contributed by atoms with van der Waals surface area (Å²) in [4.78, 5) is 19.8. The summed E-state index contributed by atoms with van der Waals surface area (Å²) in [5.41, 5.74) is -1.70. The Morgan fingerprint density at radius 1 is 1.33 bits per heavy atom. The van der Waals surface area contributed by atoms with Gasteiger partial charge in [0.2, 0.25) is 0 Å². The molecule has 0 atom stereocenters. The van der Waals surface area contributed by atoms with E-state index in [1.165, 1.54) is 0 Å². The molecule has 12 heavy (non-hydrogen) atoms. The Bertz CT molecular complexity index is 159. The van der Waals surface area contributed by atoms with E-state index in [0.717, 1.165) is 0 Å². The van der Waals surface area contributed by atoms with Crippen molar-refractivity contribution in [1.29, 1.82) is 0 Å². The number of halogens is 3. The molecule has 0 aromatic heterocycles. The largest absolute Gasteiger partial charge is 1.00 e. The Morgan fingerprint density at radius 3 is 2.17 bits per heavy atom. The minimum absolute atomic E-state index is 0. The van der Waals surface area contributed by atoms with Gasteiger partial charge in [0.15, 0.2) is 0 Å². The minimum Gasteiger partial charge on any atom is -0.443 e. The van der Waals surface area contributed by atoms with Gasteiger partial charge in [-0.3, -0.25) is 0 Å². The molecule has 64 valence electrons. The first-order chi connectivity index (χ1) is 4.98. The first kappa shape index (κ1) is 15.3. The van der Waals surface area contributed by atoms with E-state index in [9.17, 15) is 22.5 Å². The van der Waals surface area contributed by atoms with Crippen LogP contribution in [0.1, 0.15) is 19.3 Å². The van der Waals surface area contributed by atoms with E-state index in [2.05, 4.69) is 0 Å². The quantitative estimate of drug-likeness (QED) is 0.305. The van der Waals surface area contributed by atoms with Gasteiger partial charge in [-0.25, -0.2) is 0 Å².